The van der Waals surface area contributed by atoms with Crippen molar-refractivity contribution in [2.24, 2.45) is 0 Å². The fourth-order valence-electron chi connectivity index (χ4n) is 1.50. The Balaban J connectivity index is 2.15. The van der Waals surface area contributed by atoms with Crippen LogP contribution < -0.4 is 5.56 Å². The molecule has 2 aromatic rings. The van der Waals surface area contributed by atoms with Gasteiger partial charge in [0.2, 0.25) is 4.96 Å². The number of aromatic nitrogens is 3. The molecule has 0 spiro atoms. The van der Waals surface area contributed by atoms with Crippen LogP contribution in [0.3, 0.4) is 0 Å². The molecule has 0 fully saturated rings. The van der Waals surface area contributed by atoms with Crippen molar-refractivity contribution in [3.05, 3.63) is 27.1 Å². The van der Waals surface area contributed by atoms with E-state index in [1.165, 1.54) is 21.9 Å². The summed E-state index contributed by atoms with van der Waals surface area (Å²) in [6.07, 6.45) is 0.771. The lowest BCUT2D eigenvalue weighted by Gasteiger charge is -2.06. The van der Waals surface area contributed by atoms with Crippen LogP contribution in [0.4, 0.5) is 0 Å². The molecule has 0 saturated heterocycles. The molecule has 2 heterocycles. The normalized spacial score (nSPS) is 13.1. The van der Waals surface area contributed by atoms with Gasteiger partial charge in [0, 0.05) is 29.4 Å². The summed E-state index contributed by atoms with van der Waals surface area (Å²) in [4.78, 5) is 16.6. The maximum Gasteiger partial charge on any atom is 0.275 e. The Bertz CT molecular complexity index is 593. The van der Waals surface area contributed by atoms with Crippen LogP contribution in [-0.4, -0.2) is 31.6 Å². The minimum atomic E-state index is -0.131. The maximum atomic E-state index is 11.7. The fourth-order valence-corrected chi connectivity index (χ4v) is 3.43. The minimum absolute atomic E-state index is 0.131. The van der Waals surface area contributed by atoms with Gasteiger partial charge in [-0.3, -0.25) is 4.79 Å². The van der Waals surface area contributed by atoms with Crippen molar-refractivity contribution in [1.29, 1.82) is 0 Å². The number of aliphatic hydroxyl groups is 1. The summed E-state index contributed by atoms with van der Waals surface area (Å²) in [5, 5.41) is 14.4. The first kappa shape index (κ1) is 13.5. The van der Waals surface area contributed by atoms with Crippen LogP contribution >= 0.6 is 23.1 Å². The Morgan fingerprint density at radius 1 is 1.61 bits per heavy atom. The van der Waals surface area contributed by atoms with E-state index in [0.717, 1.165) is 22.9 Å². The maximum absolute atomic E-state index is 11.7. The van der Waals surface area contributed by atoms with Crippen molar-refractivity contribution in [3.8, 4) is 0 Å². The number of fused-ring (bicyclic) bond motifs is 1. The Labute approximate surface area is 113 Å². The number of thioether (sulfide) groups is 1. The summed E-state index contributed by atoms with van der Waals surface area (Å²) in [7, 11) is 0. The first-order valence-corrected chi connectivity index (χ1v) is 7.55. The molecule has 5 nitrogen and oxygen atoms in total. The third-order valence-corrected chi connectivity index (χ3v) is 4.78. The summed E-state index contributed by atoms with van der Waals surface area (Å²) < 4.78 is 1.35. The van der Waals surface area contributed by atoms with Crippen molar-refractivity contribution in [2.75, 3.05) is 6.61 Å². The molecule has 0 saturated carbocycles. The van der Waals surface area contributed by atoms with E-state index in [-0.39, 0.29) is 12.2 Å². The lowest BCUT2D eigenvalue weighted by molar-refractivity contribution is 0.289. The zero-order chi connectivity index (χ0) is 13.1. The van der Waals surface area contributed by atoms with Gasteiger partial charge in [-0.15, -0.1) is 0 Å². The fraction of sp³-hybridized carbons (Fsp3) is 0.545. The van der Waals surface area contributed by atoms with E-state index < -0.39 is 0 Å². The van der Waals surface area contributed by atoms with Gasteiger partial charge in [0.1, 0.15) is 5.01 Å². The number of rotatable bonds is 5. The van der Waals surface area contributed by atoms with Gasteiger partial charge in [0.15, 0.2) is 0 Å². The third kappa shape index (κ3) is 3.09. The lowest BCUT2D eigenvalue weighted by atomic mass is 10.3. The minimum Gasteiger partial charge on any atom is -0.396 e. The molecule has 0 bridgehead atoms. The molecule has 7 heteroatoms. The van der Waals surface area contributed by atoms with Crippen molar-refractivity contribution in [1.82, 2.24) is 14.6 Å². The monoisotopic (exact) mass is 285 g/mol. The SMILES string of the molecule is Cc1cc(=O)n2nc(CSC(C)CCO)sc2n1. The topological polar surface area (TPSA) is 67.5 Å². The molecule has 18 heavy (non-hydrogen) atoms. The molecule has 0 aliphatic rings. The van der Waals surface area contributed by atoms with E-state index in [1.807, 2.05) is 0 Å². The number of aliphatic hydroxyl groups excluding tert-OH is 1. The average Bonchev–Trinajstić information content (AvgIpc) is 2.70. The third-order valence-electron chi connectivity index (χ3n) is 2.44. The highest BCUT2D eigenvalue weighted by Crippen LogP contribution is 2.22. The van der Waals surface area contributed by atoms with E-state index in [2.05, 4.69) is 17.0 Å². The van der Waals surface area contributed by atoms with E-state index in [1.54, 1.807) is 18.7 Å². The van der Waals surface area contributed by atoms with E-state index in [0.29, 0.717) is 10.2 Å². The van der Waals surface area contributed by atoms with E-state index in [4.69, 9.17) is 5.11 Å². The Kier molecular flexibility index (Phi) is 4.36. The van der Waals surface area contributed by atoms with Crippen molar-refractivity contribution >= 4 is 28.1 Å². The van der Waals surface area contributed by atoms with Gasteiger partial charge >= 0.3 is 0 Å². The van der Waals surface area contributed by atoms with Crippen LogP contribution in [0, 0.1) is 6.92 Å². The highest BCUT2D eigenvalue weighted by Gasteiger charge is 2.09. The second kappa shape index (κ2) is 5.81. The zero-order valence-electron chi connectivity index (χ0n) is 10.3. The van der Waals surface area contributed by atoms with Crippen LogP contribution in [0.1, 0.15) is 24.0 Å². The molecular formula is C11H15N3O2S2. The first-order valence-electron chi connectivity index (χ1n) is 5.69. The summed E-state index contributed by atoms with van der Waals surface area (Å²) in [5.41, 5.74) is 0.588. The van der Waals surface area contributed by atoms with Crippen molar-refractivity contribution < 1.29 is 5.11 Å². The predicted molar refractivity (Wildman–Crippen MR) is 74.3 cm³/mol. The van der Waals surface area contributed by atoms with E-state index >= 15 is 0 Å². The average molecular weight is 285 g/mol. The molecule has 1 unspecified atom stereocenters. The second-order valence-electron chi connectivity index (χ2n) is 4.06. The van der Waals surface area contributed by atoms with Gasteiger partial charge in [0.25, 0.3) is 5.56 Å². The largest absolute Gasteiger partial charge is 0.396 e. The van der Waals surface area contributed by atoms with Gasteiger partial charge in [-0.1, -0.05) is 18.3 Å². The molecule has 0 radical (unpaired) electrons. The molecular weight excluding hydrogens is 270 g/mol. The molecule has 0 aliphatic heterocycles. The Hall–Kier alpha value is -0.920. The van der Waals surface area contributed by atoms with Crippen molar-refractivity contribution in [3.63, 3.8) is 0 Å². The van der Waals surface area contributed by atoms with Gasteiger partial charge in [-0.2, -0.15) is 21.4 Å². The summed E-state index contributed by atoms with van der Waals surface area (Å²) in [5.74, 6) is 0.744. The quantitative estimate of drug-likeness (QED) is 0.901. The highest BCUT2D eigenvalue weighted by molar-refractivity contribution is 7.99. The summed E-state index contributed by atoms with van der Waals surface area (Å²) >= 11 is 3.17. The van der Waals surface area contributed by atoms with Crippen LogP contribution in [0.5, 0.6) is 0 Å². The Morgan fingerprint density at radius 3 is 3.11 bits per heavy atom. The van der Waals surface area contributed by atoms with Gasteiger partial charge in [0.05, 0.1) is 0 Å². The van der Waals surface area contributed by atoms with Crippen LogP contribution in [-0.2, 0) is 5.75 Å². The van der Waals surface area contributed by atoms with Crippen molar-refractivity contribution in [2.45, 2.75) is 31.3 Å². The molecule has 1 atom stereocenters. The van der Waals surface area contributed by atoms with Gasteiger partial charge in [-0.25, -0.2) is 4.98 Å². The zero-order valence-corrected chi connectivity index (χ0v) is 11.9. The first-order chi connectivity index (χ1) is 8.60. The molecule has 0 aromatic carbocycles. The second-order valence-corrected chi connectivity index (χ2v) is 6.53. The van der Waals surface area contributed by atoms with Gasteiger partial charge < -0.3 is 5.11 Å². The van der Waals surface area contributed by atoms with Crippen LogP contribution in [0.2, 0.25) is 0 Å². The number of hydrogen-bond acceptors (Lipinski definition) is 6. The van der Waals surface area contributed by atoms with Crippen LogP contribution in [0.25, 0.3) is 4.96 Å². The smallest absolute Gasteiger partial charge is 0.275 e. The van der Waals surface area contributed by atoms with Crippen LogP contribution in [0.15, 0.2) is 10.9 Å². The standard InChI is InChI=1S/C11H15N3O2S2/c1-7-5-10(16)14-11(12-7)18-9(13-14)6-17-8(2)3-4-15/h5,8,15H,3-4,6H2,1-2H3. The molecule has 2 aromatic heterocycles. The lowest BCUT2D eigenvalue weighted by Crippen LogP contribution is -2.14. The molecule has 98 valence electrons. The molecule has 0 aliphatic carbocycles. The molecule has 1 N–H and O–H groups in total. The summed E-state index contributed by atoms with van der Waals surface area (Å²) in [6.45, 7) is 4.08. The van der Waals surface area contributed by atoms with E-state index in [9.17, 15) is 4.79 Å². The van der Waals surface area contributed by atoms with Gasteiger partial charge in [-0.05, 0) is 13.3 Å². The number of aryl methyl sites for hydroxylation is 1. The molecule has 0 amide bonds. The summed E-state index contributed by atoms with van der Waals surface area (Å²) in [6, 6.07) is 1.48. The number of nitrogens with zero attached hydrogens (tertiary/aromatic N) is 3. The highest BCUT2D eigenvalue weighted by atomic mass is 32.2. The Morgan fingerprint density at radius 2 is 2.39 bits per heavy atom. The molecule has 2 rings (SSSR count). The number of hydrogen-bond donors (Lipinski definition) is 1. The predicted octanol–water partition coefficient (Wildman–Crippen LogP) is 1.46.